The number of benzene rings is 1. The number of hydrogen-bond donors (Lipinski definition) is 3. The van der Waals surface area contributed by atoms with Crippen molar-refractivity contribution in [3.05, 3.63) is 45.6 Å². The van der Waals surface area contributed by atoms with Crippen molar-refractivity contribution >= 4 is 27.3 Å². The van der Waals surface area contributed by atoms with Crippen LogP contribution in [-0.2, 0) is 16.6 Å². The Bertz CT molecular complexity index is 780. The van der Waals surface area contributed by atoms with Gasteiger partial charge in [-0.15, -0.1) is 0 Å². The molecule has 1 heterocycles. The fourth-order valence-electron chi connectivity index (χ4n) is 1.68. The standard InChI is InChI=1S/C13H13NO5S2/c1-8-6-20-7-9(8)5-14-21(18,19)10-2-3-12(15)11(4-10)13(16)17/h2-4,6-7,14-15H,5H2,1H3,(H,16,17). The van der Waals surface area contributed by atoms with Crippen molar-refractivity contribution in [2.24, 2.45) is 0 Å². The van der Waals surface area contributed by atoms with Crippen LogP contribution in [0.25, 0.3) is 0 Å². The van der Waals surface area contributed by atoms with Crippen molar-refractivity contribution in [1.29, 1.82) is 0 Å². The van der Waals surface area contributed by atoms with Crippen LogP contribution in [0.1, 0.15) is 21.5 Å². The van der Waals surface area contributed by atoms with Crippen LogP contribution >= 0.6 is 11.3 Å². The van der Waals surface area contributed by atoms with Crippen molar-refractivity contribution < 1.29 is 23.4 Å². The van der Waals surface area contributed by atoms with E-state index >= 15 is 0 Å². The molecular formula is C13H13NO5S2. The monoisotopic (exact) mass is 327 g/mol. The lowest BCUT2D eigenvalue weighted by atomic mass is 10.2. The molecular weight excluding hydrogens is 314 g/mol. The fraction of sp³-hybridized carbons (Fsp3) is 0.154. The van der Waals surface area contributed by atoms with Gasteiger partial charge >= 0.3 is 5.97 Å². The van der Waals surface area contributed by atoms with E-state index in [0.717, 1.165) is 29.3 Å². The van der Waals surface area contributed by atoms with Gasteiger partial charge in [0.05, 0.1) is 4.90 Å². The molecule has 2 rings (SSSR count). The first kappa shape index (κ1) is 15.5. The van der Waals surface area contributed by atoms with Gasteiger partial charge in [0, 0.05) is 6.54 Å². The molecule has 0 saturated carbocycles. The molecule has 2 aromatic rings. The number of aryl methyl sites for hydroxylation is 1. The second kappa shape index (κ2) is 5.84. The quantitative estimate of drug-likeness (QED) is 0.778. The summed E-state index contributed by atoms with van der Waals surface area (Å²) in [7, 11) is -3.85. The lowest BCUT2D eigenvalue weighted by molar-refractivity contribution is 0.0693. The Hall–Kier alpha value is -1.90. The number of hydrogen-bond acceptors (Lipinski definition) is 5. The Balaban J connectivity index is 2.26. The highest BCUT2D eigenvalue weighted by Gasteiger charge is 2.19. The summed E-state index contributed by atoms with van der Waals surface area (Å²) < 4.78 is 26.7. The van der Waals surface area contributed by atoms with Crippen LogP contribution in [0.5, 0.6) is 5.75 Å². The van der Waals surface area contributed by atoms with Crippen LogP contribution in [-0.4, -0.2) is 24.6 Å². The lowest BCUT2D eigenvalue weighted by Gasteiger charge is -2.08. The predicted molar refractivity (Wildman–Crippen MR) is 78.1 cm³/mol. The Kier molecular flexibility index (Phi) is 4.31. The van der Waals surface area contributed by atoms with E-state index in [-0.39, 0.29) is 11.4 Å². The molecule has 0 atom stereocenters. The van der Waals surface area contributed by atoms with Gasteiger partial charge in [0.2, 0.25) is 10.0 Å². The average Bonchev–Trinajstić information content (AvgIpc) is 2.82. The number of rotatable bonds is 5. The highest BCUT2D eigenvalue weighted by molar-refractivity contribution is 7.89. The molecule has 0 radical (unpaired) electrons. The molecule has 0 amide bonds. The molecule has 1 aromatic carbocycles. The predicted octanol–water partition coefficient (Wildman–Crippen LogP) is 1.94. The van der Waals surface area contributed by atoms with Crippen molar-refractivity contribution in [2.75, 3.05) is 0 Å². The molecule has 0 aliphatic carbocycles. The summed E-state index contributed by atoms with van der Waals surface area (Å²) >= 11 is 1.48. The summed E-state index contributed by atoms with van der Waals surface area (Å²) in [4.78, 5) is 10.7. The number of phenols is 1. The summed E-state index contributed by atoms with van der Waals surface area (Å²) in [6.07, 6.45) is 0. The molecule has 0 fully saturated rings. The Labute approximate surface area is 125 Å². The number of sulfonamides is 1. The highest BCUT2D eigenvalue weighted by Crippen LogP contribution is 2.22. The highest BCUT2D eigenvalue weighted by atomic mass is 32.2. The third-order valence-corrected chi connectivity index (χ3v) is 5.23. The van der Waals surface area contributed by atoms with E-state index in [1.54, 1.807) is 0 Å². The number of nitrogens with one attached hydrogen (secondary N) is 1. The van der Waals surface area contributed by atoms with Crippen LogP contribution in [0.3, 0.4) is 0 Å². The summed E-state index contributed by atoms with van der Waals surface area (Å²) in [5.74, 6) is -1.87. The van der Waals surface area contributed by atoms with E-state index in [4.69, 9.17) is 5.11 Å². The van der Waals surface area contributed by atoms with Crippen LogP contribution in [0.4, 0.5) is 0 Å². The zero-order valence-electron chi connectivity index (χ0n) is 11.0. The molecule has 0 unspecified atom stereocenters. The van der Waals surface area contributed by atoms with E-state index in [9.17, 15) is 18.3 Å². The van der Waals surface area contributed by atoms with Crippen molar-refractivity contribution in [3.63, 3.8) is 0 Å². The minimum Gasteiger partial charge on any atom is -0.507 e. The van der Waals surface area contributed by atoms with Crippen LogP contribution in [0.2, 0.25) is 0 Å². The summed E-state index contributed by atoms with van der Waals surface area (Å²) in [6.45, 7) is 2.00. The second-order valence-corrected chi connectivity index (χ2v) is 6.90. The topological polar surface area (TPSA) is 104 Å². The first-order valence-corrected chi connectivity index (χ1v) is 8.31. The van der Waals surface area contributed by atoms with E-state index < -0.39 is 27.3 Å². The maximum absolute atomic E-state index is 12.1. The van der Waals surface area contributed by atoms with E-state index in [2.05, 4.69) is 4.72 Å². The number of carbonyl (C=O) groups is 1. The maximum Gasteiger partial charge on any atom is 0.339 e. The van der Waals surface area contributed by atoms with Gasteiger partial charge in [0.25, 0.3) is 0 Å². The number of carboxylic acid groups (broad SMARTS) is 1. The maximum atomic E-state index is 12.1. The van der Waals surface area contributed by atoms with Crippen LogP contribution in [0.15, 0.2) is 33.9 Å². The van der Waals surface area contributed by atoms with Gasteiger partial charge in [-0.25, -0.2) is 17.9 Å². The normalized spacial score (nSPS) is 11.5. The summed E-state index contributed by atoms with van der Waals surface area (Å²) in [5, 5.41) is 22.0. The van der Waals surface area contributed by atoms with Crippen LogP contribution < -0.4 is 4.72 Å². The third-order valence-electron chi connectivity index (χ3n) is 2.92. The average molecular weight is 327 g/mol. The molecule has 1 aromatic heterocycles. The lowest BCUT2D eigenvalue weighted by Crippen LogP contribution is -2.23. The van der Waals surface area contributed by atoms with E-state index in [1.165, 1.54) is 11.3 Å². The number of aromatic carboxylic acids is 1. The minimum atomic E-state index is -3.85. The van der Waals surface area contributed by atoms with Gasteiger partial charge in [-0.1, -0.05) is 0 Å². The van der Waals surface area contributed by atoms with E-state index in [1.807, 2.05) is 17.7 Å². The molecule has 112 valence electrons. The van der Waals surface area contributed by atoms with Crippen molar-refractivity contribution in [2.45, 2.75) is 18.4 Å². The van der Waals surface area contributed by atoms with Gasteiger partial charge in [-0.2, -0.15) is 11.3 Å². The Morgan fingerprint density at radius 1 is 1.33 bits per heavy atom. The Morgan fingerprint density at radius 3 is 2.62 bits per heavy atom. The molecule has 6 nitrogen and oxygen atoms in total. The van der Waals surface area contributed by atoms with Crippen molar-refractivity contribution in [3.8, 4) is 5.75 Å². The van der Waals surface area contributed by atoms with Gasteiger partial charge in [-0.3, -0.25) is 0 Å². The SMILES string of the molecule is Cc1cscc1CNS(=O)(=O)c1ccc(O)c(C(=O)O)c1. The van der Waals surface area contributed by atoms with Crippen molar-refractivity contribution in [1.82, 2.24) is 4.72 Å². The summed E-state index contributed by atoms with van der Waals surface area (Å²) in [6, 6.07) is 3.14. The number of thiophene rings is 1. The fourth-order valence-corrected chi connectivity index (χ4v) is 3.57. The van der Waals surface area contributed by atoms with Gasteiger partial charge in [-0.05, 0) is 47.0 Å². The molecule has 0 saturated heterocycles. The summed E-state index contributed by atoms with van der Waals surface area (Å²) in [5.41, 5.74) is 1.39. The third kappa shape index (κ3) is 3.41. The minimum absolute atomic E-state index is 0.126. The number of carboxylic acids is 1. The second-order valence-electron chi connectivity index (χ2n) is 4.39. The molecule has 0 aliphatic rings. The molecule has 0 bridgehead atoms. The number of aromatic hydroxyl groups is 1. The van der Waals surface area contributed by atoms with Gasteiger partial charge in [0.1, 0.15) is 11.3 Å². The molecule has 3 N–H and O–H groups in total. The smallest absolute Gasteiger partial charge is 0.339 e. The zero-order chi connectivity index (χ0) is 15.6. The molecule has 8 heteroatoms. The molecule has 0 aliphatic heterocycles. The first-order valence-electron chi connectivity index (χ1n) is 5.89. The molecule has 21 heavy (non-hydrogen) atoms. The largest absolute Gasteiger partial charge is 0.507 e. The first-order chi connectivity index (χ1) is 9.81. The zero-order valence-corrected chi connectivity index (χ0v) is 12.7. The van der Waals surface area contributed by atoms with E-state index in [0.29, 0.717) is 0 Å². The van der Waals surface area contributed by atoms with Gasteiger partial charge < -0.3 is 10.2 Å². The Morgan fingerprint density at radius 2 is 2.05 bits per heavy atom. The van der Waals surface area contributed by atoms with Crippen LogP contribution in [0, 0.1) is 6.92 Å². The van der Waals surface area contributed by atoms with Gasteiger partial charge in [0.15, 0.2) is 0 Å². The molecule has 0 spiro atoms.